The normalized spacial score (nSPS) is 14.4. The molecule has 1 aromatic heterocycles. The number of nitrogens with one attached hydrogen (secondary N) is 1. The Morgan fingerprint density at radius 1 is 0.925 bits per heavy atom. The monoisotopic (exact) mass is 579 g/mol. The highest BCUT2D eigenvalue weighted by molar-refractivity contribution is 6.42. The van der Waals surface area contributed by atoms with E-state index in [9.17, 15) is 9.59 Å². The van der Waals surface area contributed by atoms with Crippen LogP contribution >= 0.6 is 23.2 Å². The van der Waals surface area contributed by atoms with Crippen LogP contribution in [0, 0.1) is 0 Å². The van der Waals surface area contributed by atoms with Crippen molar-refractivity contribution >= 4 is 51.9 Å². The molecule has 5 rings (SSSR count). The lowest BCUT2D eigenvalue weighted by Crippen LogP contribution is -2.49. The lowest BCUT2D eigenvalue weighted by Gasteiger charge is -2.35. The van der Waals surface area contributed by atoms with Gasteiger partial charge in [-0.1, -0.05) is 47.5 Å². The van der Waals surface area contributed by atoms with Crippen molar-refractivity contribution in [1.82, 2.24) is 9.80 Å². The van der Waals surface area contributed by atoms with Gasteiger partial charge in [0.15, 0.2) is 0 Å². The predicted octanol–water partition coefficient (Wildman–Crippen LogP) is 7.71. The minimum Gasteiger partial charge on any atom is -0.456 e. The minimum atomic E-state index is -0.497. The summed E-state index contributed by atoms with van der Waals surface area (Å²) in [6, 6.07) is 20.4. The Morgan fingerprint density at radius 2 is 1.68 bits per heavy atom. The number of hydrogen-bond acceptors (Lipinski definition) is 5. The van der Waals surface area contributed by atoms with Crippen LogP contribution in [0.5, 0.6) is 0 Å². The van der Waals surface area contributed by atoms with Crippen molar-refractivity contribution < 1.29 is 18.7 Å². The highest BCUT2D eigenvalue weighted by Crippen LogP contribution is 2.34. The fourth-order valence-electron chi connectivity index (χ4n) is 4.62. The molecule has 9 heteroatoms. The van der Waals surface area contributed by atoms with Crippen molar-refractivity contribution in [3.63, 3.8) is 0 Å². The quantitative estimate of drug-likeness (QED) is 0.262. The molecule has 3 aromatic carbocycles. The molecule has 2 heterocycles. The number of halogens is 2. The topological polar surface area (TPSA) is 75.0 Å². The number of amides is 2. The summed E-state index contributed by atoms with van der Waals surface area (Å²) >= 11 is 12.1. The molecule has 1 fully saturated rings. The molecule has 0 unspecified atom stereocenters. The van der Waals surface area contributed by atoms with Crippen molar-refractivity contribution in [2.45, 2.75) is 32.9 Å². The third-order valence-corrected chi connectivity index (χ3v) is 7.38. The van der Waals surface area contributed by atoms with Crippen LogP contribution in [0.2, 0.25) is 10.0 Å². The van der Waals surface area contributed by atoms with Crippen LogP contribution in [-0.2, 0) is 11.3 Å². The second kappa shape index (κ2) is 11.5. The second-order valence-corrected chi connectivity index (χ2v) is 11.7. The van der Waals surface area contributed by atoms with Gasteiger partial charge in [-0.3, -0.25) is 9.69 Å². The summed E-state index contributed by atoms with van der Waals surface area (Å²) in [5, 5.41) is 4.64. The zero-order valence-electron chi connectivity index (χ0n) is 22.7. The molecule has 4 aromatic rings. The predicted molar refractivity (Wildman–Crippen MR) is 159 cm³/mol. The molecule has 0 spiro atoms. The van der Waals surface area contributed by atoms with Gasteiger partial charge in [0.1, 0.15) is 16.9 Å². The van der Waals surface area contributed by atoms with Gasteiger partial charge in [-0.2, -0.15) is 0 Å². The highest BCUT2D eigenvalue weighted by atomic mass is 35.5. The first kappa shape index (κ1) is 28.0. The van der Waals surface area contributed by atoms with Gasteiger partial charge >= 0.3 is 6.09 Å². The molecule has 0 atom stereocenters. The van der Waals surface area contributed by atoms with E-state index >= 15 is 0 Å². The summed E-state index contributed by atoms with van der Waals surface area (Å²) in [6.45, 7) is 9.19. The number of fused-ring (bicyclic) bond motifs is 1. The van der Waals surface area contributed by atoms with Gasteiger partial charge in [0.25, 0.3) is 5.91 Å². The summed E-state index contributed by atoms with van der Waals surface area (Å²) in [6.07, 6.45) is -0.259. The van der Waals surface area contributed by atoms with Gasteiger partial charge in [0, 0.05) is 49.2 Å². The fraction of sp³-hybridized carbons (Fsp3) is 0.290. The number of benzene rings is 3. The van der Waals surface area contributed by atoms with Crippen molar-refractivity contribution in [2.75, 3.05) is 31.5 Å². The van der Waals surface area contributed by atoms with Crippen molar-refractivity contribution in [3.05, 3.63) is 87.9 Å². The molecule has 0 saturated carbocycles. The van der Waals surface area contributed by atoms with Gasteiger partial charge in [-0.15, -0.1) is 0 Å². The number of hydrogen-bond donors (Lipinski definition) is 1. The Balaban J connectivity index is 1.27. The summed E-state index contributed by atoms with van der Waals surface area (Å²) in [7, 11) is 0. The first-order valence-electron chi connectivity index (χ1n) is 13.1. The SMILES string of the molecule is CC(C)(C)OC(=O)N1CCN(Cc2ccc3cc(-c4ccccc4NC(=O)c4ccc(Cl)c(Cl)c4)oc3c2)CC1. The molecule has 7 nitrogen and oxygen atoms in total. The van der Waals surface area contributed by atoms with Gasteiger partial charge < -0.3 is 19.4 Å². The van der Waals surface area contributed by atoms with Crippen molar-refractivity contribution in [1.29, 1.82) is 0 Å². The molecule has 1 N–H and O–H groups in total. The summed E-state index contributed by atoms with van der Waals surface area (Å²) in [5.41, 5.74) is 3.20. The molecule has 1 aliphatic heterocycles. The number of anilines is 1. The molecular formula is C31H31Cl2N3O4. The molecule has 40 heavy (non-hydrogen) atoms. The second-order valence-electron chi connectivity index (χ2n) is 10.9. The number of para-hydroxylation sites is 1. The van der Waals surface area contributed by atoms with Crippen LogP contribution < -0.4 is 5.32 Å². The standard InChI is InChI=1S/C31H31Cl2N3O4/c1-31(2,3)40-30(38)36-14-12-35(13-15-36)19-20-8-9-21-18-28(39-27(21)16-20)23-6-4-5-7-26(23)34-29(37)22-10-11-24(32)25(33)17-22/h4-11,16-18H,12-15,19H2,1-3H3,(H,34,37). The lowest BCUT2D eigenvalue weighted by atomic mass is 10.1. The molecule has 2 amide bonds. The maximum absolute atomic E-state index is 12.9. The molecular weight excluding hydrogens is 549 g/mol. The molecule has 0 aliphatic carbocycles. The number of carbonyl (C=O) groups is 2. The van der Waals surface area contributed by atoms with Gasteiger partial charge in [0.2, 0.25) is 0 Å². The van der Waals surface area contributed by atoms with E-state index in [1.54, 1.807) is 23.1 Å². The van der Waals surface area contributed by atoms with E-state index in [1.165, 1.54) is 0 Å². The maximum atomic E-state index is 12.9. The number of piperazine rings is 1. The number of furan rings is 1. The molecule has 208 valence electrons. The molecule has 1 saturated heterocycles. The Labute approximate surface area is 243 Å². The smallest absolute Gasteiger partial charge is 0.410 e. The van der Waals surface area contributed by atoms with Gasteiger partial charge in [-0.25, -0.2) is 4.79 Å². The van der Waals surface area contributed by atoms with Crippen LogP contribution in [0.15, 0.2) is 71.1 Å². The first-order valence-corrected chi connectivity index (χ1v) is 13.9. The minimum absolute atomic E-state index is 0.259. The third kappa shape index (κ3) is 6.61. The number of ether oxygens (including phenoxy) is 1. The van der Waals surface area contributed by atoms with Crippen LogP contribution in [0.3, 0.4) is 0 Å². The fourth-order valence-corrected chi connectivity index (χ4v) is 4.92. The van der Waals surface area contributed by atoms with Crippen LogP contribution in [-0.4, -0.2) is 53.6 Å². The van der Waals surface area contributed by atoms with Gasteiger partial charge in [0.05, 0.1) is 15.7 Å². The zero-order chi connectivity index (χ0) is 28.4. The number of rotatable bonds is 5. The third-order valence-electron chi connectivity index (χ3n) is 6.64. The Morgan fingerprint density at radius 3 is 2.40 bits per heavy atom. The maximum Gasteiger partial charge on any atom is 0.410 e. The van der Waals surface area contributed by atoms with E-state index in [-0.39, 0.29) is 12.0 Å². The van der Waals surface area contributed by atoms with Gasteiger partial charge in [-0.05, 0) is 68.8 Å². The molecule has 1 aliphatic rings. The van der Waals surface area contributed by atoms with Crippen LogP contribution in [0.1, 0.15) is 36.7 Å². The molecule has 0 radical (unpaired) electrons. The van der Waals surface area contributed by atoms with E-state index in [0.717, 1.165) is 41.7 Å². The average Bonchev–Trinajstić information content (AvgIpc) is 3.33. The van der Waals surface area contributed by atoms with Crippen LogP contribution in [0.4, 0.5) is 10.5 Å². The molecule has 0 bridgehead atoms. The Kier molecular flexibility index (Phi) is 8.08. The van der Waals surface area contributed by atoms with E-state index in [4.69, 9.17) is 32.4 Å². The Bertz CT molecular complexity index is 1550. The van der Waals surface area contributed by atoms with E-state index < -0.39 is 5.60 Å². The summed E-state index contributed by atoms with van der Waals surface area (Å²) < 4.78 is 11.8. The zero-order valence-corrected chi connectivity index (χ0v) is 24.2. The lowest BCUT2D eigenvalue weighted by molar-refractivity contribution is 0.0139. The first-order chi connectivity index (χ1) is 19.1. The largest absolute Gasteiger partial charge is 0.456 e. The van der Waals surface area contributed by atoms with Crippen molar-refractivity contribution in [2.24, 2.45) is 0 Å². The number of nitrogens with zero attached hydrogens (tertiary/aromatic N) is 2. The van der Waals surface area contributed by atoms with Crippen molar-refractivity contribution in [3.8, 4) is 11.3 Å². The van der Waals surface area contributed by atoms with E-state index in [2.05, 4.69) is 22.3 Å². The van der Waals surface area contributed by atoms with Crippen LogP contribution in [0.25, 0.3) is 22.3 Å². The average molecular weight is 581 g/mol. The summed E-state index contributed by atoms with van der Waals surface area (Å²) in [5.74, 6) is 0.361. The Hall–Kier alpha value is -3.52. The van der Waals surface area contributed by atoms with E-state index in [0.29, 0.717) is 40.1 Å². The highest BCUT2D eigenvalue weighted by Gasteiger charge is 2.26. The van der Waals surface area contributed by atoms with E-state index in [1.807, 2.05) is 57.2 Å². The summed E-state index contributed by atoms with van der Waals surface area (Å²) in [4.78, 5) is 29.4. The number of carbonyl (C=O) groups excluding carboxylic acids is 2.